The maximum absolute atomic E-state index is 12.3. The second-order valence-electron chi connectivity index (χ2n) is 5.98. The second kappa shape index (κ2) is 8.18. The van der Waals surface area contributed by atoms with Gasteiger partial charge in [-0.15, -0.1) is 0 Å². The molecule has 3 aromatic carbocycles. The molecule has 0 aliphatic rings. The van der Waals surface area contributed by atoms with Crippen LogP contribution in [0, 0.1) is 0 Å². The number of nitrogens with one attached hydrogen (secondary N) is 1. The summed E-state index contributed by atoms with van der Waals surface area (Å²) in [5.41, 5.74) is 1.38. The van der Waals surface area contributed by atoms with Crippen molar-refractivity contribution in [3.63, 3.8) is 0 Å². The van der Waals surface area contributed by atoms with Crippen molar-refractivity contribution in [3.05, 3.63) is 85.2 Å². The Balaban J connectivity index is 1.39. The molecule has 6 nitrogen and oxygen atoms in total. The lowest BCUT2D eigenvalue weighted by Gasteiger charge is -2.10. The number of carbonyl (C=O) groups excluding carboxylic acids is 1. The van der Waals surface area contributed by atoms with Crippen LogP contribution in [0.4, 0.5) is 5.69 Å². The number of ether oxygens (including phenoxy) is 2. The van der Waals surface area contributed by atoms with Crippen LogP contribution in [0.2, 0.25) is 0 Å². The van der Waals surface area contributed by atoms with Crippen LogP contribution in [0.25, 0.3) is 10.9 Å². The molecule has 4 aromatic rings. The molecule has 0 radical (unpaired) electrons. The van der Waals surface area contributed by atoms with Gasteiger partial charge in [0.05, 0.1) is 10.9 Å². The minimum absolute atomic E-state index is 0.162. The second-order valence-corrected chi connectivity index (χ2v) is 5.98. The number of hydrogen-bond acceptors (Lipinski definition) is 5. The molecule has 0 saturated heterocycles. The first-order valence-corrected chi connectivity index (χ1v) is 8.73. The van der Waals surface area contributed by atoms with Crippen LogP contribution in [0.1, 0.15) is 0 Å². The third kappa shape index (κ3) is 4.24. The molecule has 0 bridgehead atoms. The van der Waals surface area contributed by atoms with E-state index >= 15 is 0 Å². The van der Waals surface area contributed by atoms with Crippen LogP contribution in [-0.2, 0) is 4.79 Å². The Morgan fingerprint density at radius 3 is 2.54 bits per heavy atom. The fourth-order valence-electron chi connectivity index (χ4n) is 2.69. The molecular formula is C22H17N3O3. The fourth-order valence-corrected chi connectivity index (χ4v) is 2.69. The monoisotopic (exact) mass is 371 g/mol. The molecular weight excluding hydrogens is 354 g/mol. The van der Waals surface area contributed by atoms with E-state index in [0.717, 1.165) is 16.7 Å². The molecule has 1 N–H and O–H groups in total. The minimum Gasteiger partial charge on any atom is -0.467 e. The van der Waals surface area contributed by atoms with Gasteiger partial charge in [-0.05, 0) is 36.4 Å². The Kier molecular flexibility index (Phi) is 5.11. The molecule has 0 unspecified atom stereocenters. The largest absolute Gasteiger partial charge is 0.467 e. The van der Waals surface area contributed by atoms with Crippen LogP contribution < -0.4 is 14.8 Å². The van der Waals surface area contributed by atoms with E-state index < -0.39 is 0 Å². The van der Waals surface area contributed by atoms with Gasteiger partial charge in [0.2, 0.25) is 5.88 Å². The van der Waals surface area contributed by atoms with Gasteiger partial charge in [0, 0.05) is 11.8 Å². The molecule has 1 heterocycles. The van der Waals surface area contributed by atoms with Crippen molar-refractivity contribution in [2.75, 3.05) is 11.9 Å². The SMILES string of the molecule is O=C(COc1ncnc2ccccc12)Nc1cccc(Oc2ccccc2)c1. The Hall–Kier alpha value is -3.93. The number of benzene rings is 3. The Labute approximate surface area is 161 Å². The van der Waals surface area contributed by atoms with Crippen LogP contribution >= 0.6 is 0 Å². The summed E-state index contributed by atoms with van der Waals surface area (Å²) in [4.78, 5) is 20.6. The predicted molar refractivity (Wildman–Crippen MR) is 107 cm³/mol. The summed E-state index contributed by atoms with van der Waals surface area (Å²) in [6.07, 6.45) is 1.42. The number of rotatable bonds is 6. The summed E-state index contributed by atoms with van der Waals surface area (Å²) >= 11 is 0. The molecule has 138 valence electrons. The Morgan fingerprint density at radius 1 is 0.857 bits per heavy atom. The van der Waals surface area contributed by atoms with E-state index in [1.807, 2.05) is 66.7 Å². The number of anilines is 1. The topological polar surface area (TPSA) is 73.3 Å². The van der Waals surface area contributed by atoms with Gasteiger partial charge in [-0.3, -0.25) is 4.79 Å². The molecule has 0 fully saturated rings. The number of aromatic nitrogens is 2. The summed E-state index contributed by atoms with van der Waals surface area (Å²) in [5, 5.41) is 3.56. The molecule has 0 aliphatic carbocycles. The molecule has 0 spiro atoms. The molecule has 0 aliphatic heterocycles. The van der Waals surface area contributed by atoms with Gasteiger partial charge in [-0.2, -0.15) is 0 Å². The van der Waals surface area contributed by atoms with E-state index in [2.05, 4.69) is 15.3 Å². The molecule has 1 aromatic heterocycles. The minimum atomic E-state index is -0.292. The van der Waals surface area contributed by atoms with Gasteiger partial charge in [0.25, 0.3) is 5.91 Å². The van der Waals surface area contributed by atoms with Crippen LogP contribution in [0.5, 0.6) is 17.4 Å². The van der Waals surface area contributed by atoms with E-state index in [0.29, 0.717) is 17.3 Å². The van der Waals surface area contributed by atoms with Crippen molar-refractivity contribution in [1.82, 2.24) is 9.97 Å². The number of fused-ring (bicyclic) bond motifs is 1. The van der Waals surface area contributed by atoms with Crippen molar-refractivity contribution in [2.24, 2.45) is 0 Å². The van der Waals surface area contributed by atoms with Gasteiger partial charge in [0.1, 0.15) is 17.8 Å². The van der Waals surface area contributed by atoms with E-state index in [9.17, 15) is 4.79 Å². The lowest BCUT2D eigenvalue weighted by molar-refractivity contribution is -0.118. The Morgan fingerprint density at radius 2 is 1.64 bits per heavy atom. The highest BCUT2D eigenvalue weighted by Gasteiger charge is 2.08. The van der Waals surface area contributed by atoms with Gasteiger partial charge in [-0.1, -0.05) is 36.4 Å². The summed E-state index contributed by atoms with van der Waals surface area (Å²) in [6, 6.07) is 24.1. The van der Waals surface area contributed by atoms with Crippen molar-refractivity contribution >= 4 is 22.5 Å². The smallest absolute Gasteiger partial charge is 0.262 e. The lowest BCUT2D eigenvalue weighted by atomic mass is 10.2. The predicted octanol–water partition coefficient (Wildman–Crippen LogP) is 4.44. The zero-order valence-corrected chi connectivity index (χ0v) is 14.9. The average Bonchev–Trinajstić information content (AvgIpc) is 2.73. The molecule has 4 rings (SSSR count). The van der Waals surface area contributed by atoms with E-state index in [4.69, 9.17) is 9.47 Å². The highest BCUT2D eigenvalue weighted by atomic mass is 16.5. The first-order chi connectivity index (χ1) is 13.8. The molecule has 28 heavy (non-hydrogen) atoms. The molecule has 6 heteroatoms. The summed E-state index contributed by atoms with van der Waals surface area (Å²) in [7, 11) is 0. The van der Waals surface area contributed by atoms with Crippen molar-refractivity contribution in [3.8, 4) is 17.4 Å². The zero-order valence-electron chi connectivity index (χ0n) is 14.9. The maximum atomic E-state index is 12.3. The number of amides is 1. The maximum Gasteiger partial charge on any atom is 0.262 e. The van der Waals surface area contributed by atoms with Gasteiger partial charge in [-0.25, -0.2) is 9.97 Å². The molecule has 1 amide bonds. The summed E-state index contributed by atoms with van der Waals surface area (Å²) in [6.45, 7) is -0.162. The molecule has 0 saturated carbocycles. The summed E-state index contributed by atoms with van der Waals surface area (Å²) < 4.78 is 11.4. The van der Waals surface area contributed by atoms with Gasteiger partial charge < -0.3 is 14.8 Å². The number of para-hydroxylation sites is 2. The zero-order chi connectivity index (χ0) is 19.2. The highest BCUT2D eigenvalue weighted by Crippen LogP contribution is 2.24. The lowest BCUT2D eigenvalue weighted by Crippen LogP contribution is -2.20. The first kappa shape index (κ1) is 17.5. The number of hydrogen-bond donors (Lipinski definition) is 1. The number of carbonyl (C=O) groups is 1. The standard InChI is InChI=1S/C22H17N3O3/c26-21(14-27-22-19-11-4-5-12-20(19)23-15-24-22)25-16-7-6-10-18(13-16)28-17-8-2-1-3-9-17/h1-13,15H,14H2,(H,25,26). The molecule has 0 atom stereocenters. The van der Waals surface area contributed by atoms with Crippen molar-refractivity contribution in [1.29, 1.82) is 0 Å². The third-order valence-corrected chi connectivity index (χ3v) is 3.94. The van der Waals surface area contributed by atoms with Crippen LogP contribution in [0.3, 0.4) is 0 Å². The quantitative estimate of drug-likeness (QED) is 0.542. The summed E-state index contributed by atoms with van der Waals surface area (Å²) in [5.74, 6) is 1.44. The van der Waals surface area contributed by atoms with Gasteiger partial charge in [0.15, 0.2) is 6.61 Å². The van der Waals surface area contributed by atoms with Gasteiger partial charge >= 0.3 is 0 Å². The first-order valence-electron chi connectivity index (χ1n) is 8.73. The normalized spacial score (nSPS) is 10.4. The highest BCUT2D eigenvalue weighted by molar-refractivity contribution is 5.92. The number of nitrogens with zero attached hydrogens (tertiary/aromatic N) is 2. The van der Waals surface area contributed by atoms with E-state index in [-0.39, 0.29) is 12.5 Å². The Bertz CT molecular complexity index is 1090. The van der Waals surface area contributed by atoms with Crippen molar-refractivity contribution < 1.29 is 14.3 Å². The van der Waals surface area contributed by atoms with E-state index in [1.54, 1.807) is 12.1 Å². The van der Waals surface area contributed by atoms with Crippen LogP contribution in [0.15, 0.2) is 85.2 Å². The third-order valence-electron chi connectivity index (χ3n) is 3.94. The van der Waals surface area contributed by atoms with E-state index in [1.165, 1.54) is 6.33 Å². The average molecular weight is 371 g/mol. The van der Waals surface area contributed by atoms with Crippen LogP contribution in [-0.4, -0.2) is 22.5 Å². The fraction of sp³-hybridized carbons (Fsp3) is 0.0455. The van der Waals surface area contributed by atoms with Crippen molar-refractivity contribution in [2.45, 2.75) is 0 Å².